The average molecular weight is 294 g/mol. The van der Waals surface area contributed by atoms with Crippen molar-refractivity contribution in [2.24, 2.45) is 0 Å². The van der Waals surface area contributed by atoms with Crippen molar-refractivity contribution in [1.82, 2.24) is 0 Å². The number of hydrogen-bond donors (Lipinski definition) is 2. The van der Waals surface area contributed by atoms with Crippen molar-refractivity contribution in [3.63, 3.8) is 0 Å². The van der Waals surface area contributed by atoms with E-state index in [1.54, 1.807) is 12.1 Å². The maximum atomic E-state index is 13.7. The summed E-state index contributed by atoms with van der Waals surface area (Å²) in [6.45, 7) is 1.85. The molecule has 0 bridgehead atoms. The molecule has 0 aliphatic heterocycles. The van der Waals surface area contributed by atoms with Crippen LogP contribution < -0.4 is 11.1 Å². The van der Waals surface area contributed by atoms with Crippen LogP contribution in [-0.2, 0) is 9.84 Å². The molecule has 0 aliphatic rings. The first-order valence-electron chi connectivity index (χ1n) is 5.90. The van der Waals surface area contributed by atoms with Crippen molar-refractivity contribution < 1.29 is 12.8 Å². The van der Waals surface area contributed by atoms with E-state index in [0.29, 0.717) is 11.4 Å². The monoisotopic (exact) mass is 294 g/mol. The number of nitrogens with two attached hydrogens (primary N) is 1. The van der Waals surface area contributed by atoms with Crippen LogP contribution in [-0.4, -0.2) is 14.7 Å². The molecule has 0 spiro atoms. The van der Waals surface area contributed by atoms with Gasteiger partial charge < -0.3 is 11.1 Å². The molecule has 3 N–H and O–H groups in total. The molecular weight excluding hydrogens is 279 g/mol. The Morgan fingerprint density at radius 1 is 1.10 bits per heavy atom. The van der Waals surface area contributed by atoms with Gasteiger partial charge in [0.15, 0.2) is 9.84 Å². The molecule has 0 heterocycles. The summed E-state index contributed by atoms with van der Waals surface area (Å²) in [5.41, 5.74) is 7.71. The van der Waals surface area contributed by atoms with Crippen LogP contribution in [0.15, 0.2) is 41.3 Å². The molecule has 0 fully saturated rings. The number of nitrogen functional groups attached to an aromatic ring is 1. The summed E-state index contributed by atoms with van der Waals surface area (Å²) in [5, 5.41) is 2.87. The summed E-state index contributed by atoms with van der Waals surface area (Å²) in [4.78, 5) is 0.130. The number of hydrogen-bond acceptors (Lipinski definition) is 4. The van der Waals surface area contributed by atoms with Gasteiger partial charge in [0, 0.05) is 6.26 Å². The highest BCUT2D eigenvalue weighted by molar-refractivity contribution is 7.90. The lowest BCUT2D eigenvalue weighted by Crippen LogP contribution is -2.02. The van der Waals surface area contributed by atoms with E-state index in [1.165, 1.54) is 24.3 Å². The van der Waals surface area contributed by atoms with Crippen LogP contribution in [0.1, 0.15) is 5.56 Å². The molecule has 0 unspecified atom stereocenters. The van der Waals surface area contributed by atoms with Gasteiger partial charge in [-0.05, 0) is 42.8 Å². The van der Waals surface area contributed by atoms with Crippen molar-refractivity contribution in [3.05, 3.63) is 47.8 Å². The first-order chi connectivity index (χ1) is 9.27. The van der Waals surface area contributed by atoms with Crippen LogP contribution in [0.4, 0.5) is 21.5 Å². The van der Waals surface area contributed by atoms with Gasteiger partial charge >= 0.3 is 0 Å². The SMILES string of the molecule is Cc1ccc(F)c(Nc2ccc(S(C)(=O)=O)cc2N)c1. The molecule has 0 aromatic heterocycles. The number of nitrogens with one attached hydrogen (secondary N) is 1. The number of sulfone groups is 1. The third-order valence-electron chi connectivity index (χ3n) is 2.84. The van der Waals surface area contributed by atoms with Crippen LogP contribution in [0, 0.1) is 12.7 Å². The van der Waals surface area contributed by atoms with Gasteiger partial charge in [0.05, 0.1) is 22.0 Å². The molecule has 0 amide bonds. The zero-order valence-electron chi connectivity index (χ0n) is 11.1. The zero-order chi connectivity index (χ0) is 14.9. The quantitative estimate of drug-likeness (QED) is 0.854. The van der Waals surface area contributed by atoms with E-state index in [2.05, 4.69) is 5.32 Å². The maximum absolute atomic E-state index is 13.7. The lowest BCUT2D eigenvalue weighted by atomic mass is 10.2. The number of rotatable bonds is 3. The topological polar surface area (TPSA) is 72.2 Å². The van der Waals surface area contributed by atoms with E-state index >= 15 is 0 Å². The molecule has 4 nitrogen and oxygen atoms in total. The van der Waals surface area contributed by atoms with Gasteiger partial charge in [-0.2, -0.15) is 0 Å². The molecule has 2 aromatic rings. The van der Waals surface area contributed by atoms with Gasteiger partial charge in [-0.25, -0.2) is 12.8 Å². The molecule has 0 aliphatic carbocycles. The number of halogens is 1. The minimum atomic E-state index is -3.31. The molecule has 20 heavy (non-hydrogen) atoms. The Labute approximate surface area is 117 Å². The van der Waals surface area contributed by atoms with Crippen molar-refractivity contribution >= 4 is 26.9 Å². The Bertz CT molecular complexity index is 758. The molecule has 6 heteroatoms. The predicted molar refractivity (Wildman–Crippen MR) is 78.4 cm³/mol. The van der Waals surface area contributed by atoms with Gasteiger partial charge in [0.1, 0.15) is 5.82 Å². The second-order valence-corrected chi connectivity index (χ2v) is 6.65. The maximum Gasteiger partial charge on any atom is 0.175 e. The highest BCUT2D eigenvalue weighted by Crippen LogP contribution is 2.27. The van der Waals surface area contributed by atoms with E-state index in [9.17, 15) is 12.8 Å². The first-order valence-corrected chi connectivity index (χ1v) is 7.79. The summed E-state index contributed by atoms with van der Waals surface area (Å²) in [7, 11) is -3.31. The van der Waals surface area contributed by atoms with Gasteiger partial charge in [0.25, 0.3) is 0 Å². The second-order valence-electron chi connectivity index (χ2n) is 4.63. The van der Waals surface area contributed by atoms with Crippen LogP contribution in [0.2, 0.25) is 0 Å². The van der Waals surface area contributed by atoms with Gasteiger partial charge in [-0.3, -0.25) is 0 Å². The van der Waals surface area contributed by atoms with E-state index in [1.807, 2.05) is 6.92 Å². The molecule has 0 atom stereocenters. The number of anilines is 3. The van der Waals surface area contributed by atoms with Crippen LogP contribution in [0.3, 0.4) is 0 Å². The fourth-order valence-corrected chi connectivity index (χ4v) is 2.42. The third kappa shape index (κ3) is 3.08. The number of aryl methyl sites for hydroxylation is 1. The number of benzene rings is 2. The molecule has 106 valence electrons. The standard InChI is InChI=1S/C14H15FN2O2S/c1-9-3-5-11(15)14(7-9)17-13-6-4-10(8-12(13)16)20(2,18)19/h3-8,17H,16H2,1-2H3. The van der Waals surface area contributed by atoms with Crippen LogP contribution in [0.25, 0.3) is 0 Å². The Hall–Kier alpha value is -2.08. The largest absolute Gasteiger partial charge is 0.397 e. The summed E-state index contributed by atoms with van der Waals surface area (Å²) in [5.74, 6) is -0.401. The van der Waals surface area contributed by atoms with Crippen LogP contribution >= 0.6 is 0 Å². The van der Waals surface area contributed by atoms with E-state index in [0.717, 1.165) is 11.8 Å². The molecule has 2 rings (SSSR count). The minimum Gasteiger partial charge on any atom is -0.397 e. The normalized spacial score (nSPS) is 11.3. The molecule has 0 saturated heterocycles. The fourth-order valence-electron chi connectivity index (χ4n) is 1.77. The predicted octanol–water partition coefficient (Wildman–Crippen LogP) is 2.86. The van der Waals surface area contributed by atoms with Gasteiger partial charge in [-0.15, -0.1) is 0 Å². The Kier molecular flexibility index (Phi) is 3.67. The Balaban J connectivity index is 2.38. The summed E-state index contributed by atoms with van der Waals surface area (Å²) >= 11 is 0. The highest BCUT2D eigenvalue weighted by atomic mass is 32.2. The lowest BCUT2D eigenvalue weighted by molar-refractivity contribution is 0.602. The van der Waals surface area contributed by atoms with Gasteiger partial charge in [0.2, 0.25) is 0 Å². The van der Waals surface area contributed by atoms with Crippen LogP contribution in [0.5, 0.6) is 0 Å². The minimum absolute atomic E-state index is 0.130. The average Bonchev–Trinajstić information content (AvgIpc) is 2.35. The molecule has 0 radical (unpaired) electrons. The summed E-state index contributed by atoms with van der Waals surface area (Å²) in [6.07, 6.45) is 1.11. The second kappa shape index (κ2) is 5.13. The smallest absolute Gasteiger partial charge is 0.175 e. The first kappa shape index (κ1) is 14.3. The zero-order valence-corrected chi connectivity index (χ0v) is 12.0. The van der Waals surface area contributed by atoms with Crippen molar-refractivity contribution in [2.75, 3.05) is 17.3 Å². The van der Waals surface area contributed by atoms with Gasteiger partial charge in [-0.1, -0.05) is 6.07 Å². The highest BCUT2D eigenvalue weighted by Gasteiger charge is 2.10. The lowest BCUT2D eigenvalue weighted by Gasteiger charge is -2.12. The van der Waals surface area contributed by atoms with Crippen molar-refractivity contribution in [1.29, 1.82) is 0 Å². The Morgan fingerprint density at radius 2 is 1.80 bits per heavy atom. The Morgan fingerprint density at radius 3 is 2.40 bits per heavy atom. The molecule has 0 saturated carbocycles. The third-order valence-corrected chi connectivity index (χ3v) is 3.95. The molecular formula is C14H15FN2O2S. The van der Waals surface area contributed by atoms with E-state index in [-0.39, 0.29) is 10.6 Å². The van der Waals surface area contributed by atoms with E-state index in [4.69, 9.17) is 5.73 Å². The molecule has 2 aromatic carbocycles. The van der Waals surface area contributed by atoms with E-state index < -0.39 is 15.7 Å². The summed E-state index contributed by atoms with van der Waals surface area (Å²) in [6, 6.07) is 8.98. The summed E-state index contributed by atoms with van der Waals surface area (Å²) < 4.78 is 36.5. The van der Waals surface area contributed by atoms with Crippen molar-refractivity contribution in [3.8, 4) is 0 Å². The fraction of sp³-hybridized carbons (Fsp3) is 0.143. The van der Waals surface area contributed by atoms with Crippen molar-refractivity contribution in [2.45, 2.75) is 11.8 Å².